The second-order valence-corrected chi connectivity index (χ2v) is 8.50. The van der Waals surface area contributed by atoms with E-state index in [9.17, 15) is 13.2 Å². The van der Waals surface area contributed by atoms with Crippen LogP contribution >= 0.6 is 0 Å². The summed E-state index contributed by atoms with van der Waals surface area (Å²) >= 11 is 0. The van der Waals surface area contributed by atoms with Crippen LogP contribution in [0.5, 0.6) is 5.75 Å². The quantitative estimate of drug-likeness (QED) is 0.580. The molecule has 7 heteroatoms. The number of ether oxygens (including phenoxy) is 2. The van der Waals surface area contributed by atoms with Gasteiger partial charge in [0.25, 0.3) is 0 Å². The highest BCUT2D eigenvalue weighted by atomic mass is 32.2. The molecule has 3 rings (SSSR count). The Morgan fingerprint density at radius 1 is 1.04 bits per heavy atom. The Hall–Kier alpha value is -2.22. The number of rotatable bonds is 5. The van der Waals surface area contributed by atoms with Crippen LogP contribution in [0.1, 0.15) is 16.7 Å². The lowest BCUT2D eigenvalue weighted by Gasteiger charge is -2.26. The molecule has 0 aliphatic carbocycles. The van der Waals surface area contributed by atoms with Gasteiger partial charge in [-0.05, 0) is 54.8 Å². The van der Waals surface area contributed by atoms with Crippen molar-refractivity contribution >= 4 is 16.0 Å². The highest BCUT2D eigenvalue weighted by Crippen LogP contribution is 2.21. The van der Waals surface area contributed by atoms with E-state index in [1.807, 2.05) is 32.0 Å². The number of carbonyl (C=O) groups is 1. The lowest BCUT2D eigenvalue weighted by molar-refractivity contribution is -0.133. The molecule has 0 N–H and O–H groups in total. The summed E-state index contributed by atoms with van der Waals surface area (Å²) in [5, 5.41) is 0. The van der Waals surface area contributed by atoms with Gasteiger partial charge in [-0.15, -0.1) is 0 Å². The van der Waals surface area contributed by atoms with Gasteiger partial charge in [-0.2, -0.15) is 4.31 Å². The Labute approximate surface area is 159 Å². The van der Waals surface area contributed by atoms with E-state index in [4.69, 9.17) is 9.47 Å². The van der Waals surface area contributed by atoms with Gasteiger partial charge in [0, 0.05) is 13.1 Å². The molecule has 0 atom stereocenters. The van der Waals surface area contributed by atoms with Gasteiger partial charge in [-0.25, -0.2) is 8.42 Å². The standard InChI is InChI=1S/C20H23NO5S/c1-15-3-4-17(13-16(15)2)14-20(22)26-18-5-7-19(8-6-18)27(23,24)21-9-11-25-12-10-21/h3-8,13H,9-12,14H2,1-2H3. The van der Waals surface area contributed by atoms with Gasteiger partial charge < -0.3 is 9.47 Å². The van der Waals surface area contributed by atoms with Gasteiger partial charge in [0.05, 0.1) is 24.5 Å². The second kappa shape index (κ2) is 8.21. The summed E-state index contributed by atoms with van der Waals surface area (Å²) in [6, 6.07) is 11.8. The normalized spacial score (nSPS) is 15.5. The smallest absolute Gasteiger partial charge is 0.315 e. The van der Waals surface area contributed by atoms with Crippen LogP contribution in [0.25, 0.3) is 0 Å². The van der Waals surface area contributed by atoms with Crippen LogP contribution in [-0.2, 0) is 26.0 Å². The summed E-state index contributed by atoms with van der Waals surface area (Å²) in [4.78, 5) is 12.3. The third kappa shape index (κ3) is 4.74. The summed E-state index contributed by atoms with van der Waals surface area (Å²) in [5.74, 6) is -0.0631. The summed E-state index contributed by atoms with van der Waals surface area (Å²) in [5.41, 5.74) is 3.18. The van der Waals surface area contributed by atoms with Crippen molar-refractivity contribution < 1.29 is 22.7 Å². The Bertz CT molecular complexity index is 916. The maximum Gasteiger partial charge on any atom is 0.315 e. The Kier molecular flexibility index (Phi) is 5.94. The molecule has 27 heavy (non-hydrogen) atoms. The molecule has 0 saturated carbocycles. The summed E-state index contributed by atoms with van der Waals surface area (Å²) in [7, 11) is -3.55. The van der Waals surface area contributed by atoms with Gasteiger partial charge in [0.1, 0.15) is 5.75 Å². The molecule has 0 spiro atoms. The van der Waals surface area contributed by atoms with Crippen LogP contribution < -0.4 is 4.74 Å². The zero-order valence-electron chi connectivity index (χ0n) is 15.5. The topological polar surface area (TPSA) is 72.9 Å². The van der Waals surface area contributed by atoms with Crippen molar-refractivity contribution in [2.75, 3.05) is 26.3 Å². The van der Waals surface area contributed by atoms with E-state index in [-0.39, 0.29) is 17.3 Å². The predicted molar refractivity (Wildman–Crippen MR) is 101 cm³/mol. The van der Waals surface area contributed by atoms with Gasteiger partial charge in [-0.3, -0.25) is 4.79 Å². The molecule has 2 aromatic rings. The fourth-order valence-electron chi connectivity index (χ4n) is 2.86. The van der Waals surface area contributed by atoms with E-state index in [2.05, 4.69) is 0 Å². The Balaban J connectivity index is 1.64. The van der Waals surface area contributed by atoms with Gasteiger partial charge in [-0.1, -0.05) is 18.2 Å². The highest BCUT2D eigenvalue weighted by Gasteiger charge is 2.26. The minimum absolute atomic E-state index is 0.162. The molecule has 1 aliphatic heterocycles. The number of benzene rings is 2. The molecule has 0 radical (unpaired) electrons. The number of nitrogens with zero attached hydrogens (tertiary/aromatic N) is 1. The van der Waals surface area contributed by atoms with Crippen molar-refractivity contribution in [2.45, 2.75) is 25.2 Å². The fourth-order valence-corrected chi connectivity index (χ4v) is 4.27. The van der Waals surface area contributed by atoms with Crippen LogP contribution in [0.3, 0.4) is 0 Å². The van der Waals surface area contributed by atoms with E-state index in [0.717, 1.165) is 11.1 Å². The van der Waals surface area contributed by atoms with Crippen molar-refractivity contribution in [3.63, 3.8) is 0 Å². The van der Waals surface area contributed by atoms with E-state index < -0.39 is 10.0 Å². The molecule has 0 unspecified atom stereocenters. The molecule has 1 heterocycles. The molecule has 1 saturated heterocycles. The maximum absolute atomic E-state index is 12.6. The third-order valence-electron chi connectivity index (χ3n) is 4.58. The van der Waals surface area contributed by atoms with Crippen molar-refractivity contribution in [1.82, 2.24) is 4.31 Å². The first-order chi connectivity index (χ1) is 12.9. The average Bonchev–Trinajstić information content (AvgIpc) is 2.66. The summed E-state index contributed by atoms with van der Waals surface area (Å²) < 4.78 is 37.1. The Morgan fingerprint density at radius 2 is 1.70 bits per heavy atom. The average molecular weight is 389 g/mol. The molecule has 1 aliphatic rings. The fraction of sp³-hybridized carbons (Fsp3) is 0.350. The molecule has 2 aromatic carbocycles. The number of morpholine rings is 1. The molecule has 0 amide bonds. The monoisotopic (exact) mass is 389 g/mol. The van der Waals surface area contributed by atoms with Crippen LogP contribution in [-0.4, -0.2) is 45.0 Å². The van der Waals surface area contributed by atoms with Gasteiger partial charge in [0.15, 0.2) is 0 Å². The highest BCUT2D eigenvalue weighted by molar-refractivity contribution is 7.89. The lowest BCUT2D eigenvalue weighted by atomic mass is 10.0. The molecule has 0 aromatic heterocycles. The number of esters is 1. The van der Waals surface area contributed by atoms with Crippen LogP contribution in [0.2, 0.25) is 0 Å². The number of hydrogen-bond donors (Lipinski definition) is 0. The van der Waals surface area contributed by atoms with Crippen molar-refractivity contribution in [2.24, 2.45) is 0 Å². The third-order valence-corrected chi connectivity index (χ3v) is 6.50. The first-order valence-corrected chi connectivity index (χ1v) is 10.2. The van der Waals surface area contributed by atoms with E-state index in [0.29, 0.717) is 32.1 Å². The molecule has 6 nitrogen and oxygen atoms in total. The predicted octanol–water partition coefficient (Wildman–Crippen LogP) is 2.47. The summed E-state index contributed by atoms with van der Waals surface area (Å²) in [6.07, 6.45) is 0.162. The minimum Gasteiger partial charge on any atom is -0.426 e. The van der Waals surface area contributed by atoms with Gasteiger partial charge >= 0.3 is 5.97 Å². The molecule has 0 bridgehead atoms. The minimum atomic E-state index is -3.55. The second-order valence-electron chi connectivity index (χ2n) is 6.56. The van der Waals surface area contributed by atoms with Crippen molar-refractivity contribution in [3.8, 4) is 5.75 Å². The zero-order valence-corrected chi connectivity index (χ0v) is 16.3. The largest absolute Gasteiger partial charge is 0.426 e. The van der Waals surface area contributed by atoms with E-state index in [1.165, 1.54) is 34.1 Å². The molecular weight excluding hydrogens is 366 g/mol. The molecule has 144 valence electrons. The summed E-state index contributed by atoms with van der Waals surface area (Å²) in [6.45, 7) is 5.49. The number of carbonyl (C=O) groups excluding carboxylic acids is 1. The van der Waals surface area contributed by atoms with E-state index >= 15 is 0 Å². The van der Waals surface area contributed by atoms with Crippen molar-refractivity contribution in [1.29, 1.82) is 0 Å². The first kappa shape index (κ1) is 19.5. The Morgan fingerprint density at radius 3 is 2.33 bits per heavy atom. The SMILES string of the molecule is Cc1ccc(CC(=O)Oc2ccc(S(=O)(=O)N3CCOCC3)cc2)cc1C. The lowest BCUT2D eigenvalue weighted by Crippen LogP contribution is -2.40. The van der Waals surface area contributed by atoms with Crippen LogP contribution in [0, 0.1) is 13.8 Å². The zero-order chi connectivity index (χ0) is 19.4. The van der Waals surface area contributed by atoms with E-state index in [1.54, 1.807) is 0 Å². The molecule has 1 fully saturated rings. The first-order valence-electron chi connectivity index (χ1n) is 8.81. The van der Waals surface area contributed by atoms with Gasteiger partial charge in [0.2, 0.25) is 10.0 Å². The van der Waals surface area contributed by atoms with Crippen LogP contribution in [0.15, 0.2) is 47.4 Å². The maximum atomic E-state index is 12.6. The molecular formula is C20H23NO5S. The number of hydrogen-bond acceptors (Lipinski definition) is 5. The van der Waals surface area contributed by atoms with Crippen molar-refractivity contribution in [3.05, 3.63) is 59.2 Å². The number of sulfonamides is 1. The van der Waals surface area contributed by atoms with Crippen LogP contribution in [0.4, 0.5) is 0 Å². The number of aryl methyl sites for hydroxylation is 2.